The van der Waals surface area contributed by atoms with E-state index in [-0.39, 0.29) is 18.3 Å². The van der Waals surface area contributed by atoms with Gasteiger partial charge in [0.15, 0.2) is 0 Å². The Hall–Kier alpha value is -0.470. The quantitative estimate of drug-likeness (QED) is 0.789. The van der Waals surface area contributed by atoms with Gasteiger partial charge in [-0.3, -0.25) is 4.79 Å². The molecule has 0 bridgehead atoms. The summed E-state index contributed by atoms with van der Waals surface area (Å²) in [5, 5.41) is 5.57. The van der Waals surface area contributed by atoms with Crippen molar-refractivity contribution in [1.29, 1.82) is 0 Å². The first-order valence-electron chi connectivity index (χ1n) is 5.86. The van der Waals surface area contributed by atoms with Crippen molar-refractivity contribution < 1.29 is 4.79 Å². The minimum atomic E-state index is -0.116. The van der Waals surface area contributed by atoms with E-state index in [1.54, 1.807) is 16.7 Å². The average molecular weight is 397 g/mol. The van der Waals surface area contributed by atoms with Gasteiger partial charge in [0.05, 0.1) is 8.79 Å². The van der Waals surface area contributed by atoms with Crippen molar-refractivity contribution in [3.8, 4) is 0 Å². The topological polar surface area (TPSA) is 68.0 Å². The Labute approximate surface area is 140 Å². The van der Waals surface area contributed by atoms with Crippen LogP contribution < -0.4 is 11.1 Å². The lowest BCUT2D eigenvalue weighted by molar-refractivity contribution is 0.0949. The van der Waals surface area contributed by atoms with Crippen LogP contribution in [0.3, 0.4) is 0 Å². The highest BCUT2D eigenvalue weighted by Crippen LogP contribution is 2.22. The molecule has 8 heteroatoms. The molecule has 0 saturated carbocycles. The molecule has 0 aliphatic carbocycles. The second kappa shape index (κ2) is 8.74. The van der Waals surface area contributed by atoms with E-state index in [0.717, 1.165) is 21.6 Å². The lowest BCUT2D eigenvalue weighted by Crippen LogP contribution is -2.25. The number of aromatic nitrogens is 1. The van der Waals surface area contributed by atoms with Gasteiger partial charge in [0.1, 0.15) is 5.69 Å². The van der Waals surface area contributed by atoms with Gasteiger partial charge in [-0.25, -0.2) is 4.98 Å². The number of nitrogens with two attached hydrogens (primary N) is 1. The first kappa shape index (κ1) is 17.6. The van der Waals surface area contributed by atoms with Gasteiger partial charge < -0.3 is 11.1 Å². The molecule has 0 aliphatic heterocycles. The van der Waals surface area contributed by atoms with E-state index in [9.17, 15) is 4.79 Å². The molecule has 2 aromatic heterocycles. The number of nitrogens with one attached hydrogen (secondary N) is 1. The maximum absolute atomic E-state index is 11.9. The molecular formula is C12H15BrClN3OS2. The van der Waals surface area contributed by atoms with Gasteiger partial charge >= 0.3 is 0 Å². The van der Waals surface area contributed by atoms with Gasteiger partial charge in [-0.2, -0.15) is 0 Å². The number of thiophene rings is 1. The second-order valence-electron chi connectivity index (χ2n) is 3.88. The number of hydrogen-bond acceptors (Lipinski definition) is 5. The van der Waals surface area contributed by atoms with Crippen molar-refractivity contribution >= 4 is 56.9 Å². The number of carbonyl (C=O) groups excluding carboxylic acids is 1. The zero-order valence-electron chi connectivity index (χ0n) is 10.6. The third-order valence-electron chi connectivity index (χ3n) is 2.43. The summed E-state index contributed by atoms with van der Waals surface area (Å²) >= 11 is 6.58. The Bertz CT molecular complexity index is 558. The van der Waals surface area contributed by atoms with Crippen molar-refractivity contribution in [3.05, 3.63) is 36.9 Å². The largest absolute Gasteiger partial charge is 0.350 e. The highest BCUT2D eigenvalue weighted by Gasteiger charge is 2.10. The van der Waals surface area contributed by atoms with E-state index in [2.05, 4.69) is 32.3 Å². The standard InChI is InChI=1S/C12H14BrN3OS2.ClH/c13-10-2-1-8(19-10)4-6-15-12(17)9-7-18-11(16-9)3-5-14;/h1-2,7H,3-6,14H2,(H,15,17);1H. The van der Waals surface area contributed by atoms with Gasteiger partial charge in [-0.1, -0.05) is 0 Å². The number of rotatable bonds is 6. The van der Waals surface area contributed by atoms with Gasteiger partial charge in [0.25, 0.3) is 5.91 Å². The molecule has 0 saturated heterocycles. The van der Waals surface area contributed by atoms with E-state index >= 15 is 0 Å². The zero-order chi connectivity index (χ0) is 13.7. The third kappa shape index (κ3) is 5.14. The Morgan fingerprint density at radius 3 is 2.85 bits per heavy atom. The molecule has 0 atom stereocenters. The fourth-order valence-corrected chi connectivity index (χ4v) is 3.81. The Morgan fingerprint density at radius 1 is 1.40 bits per heavy atom. The minimum absolute atomic E-state index is 0. The molecule has 20 heavy (non-hydrogen) atoms. The molecule has 4 nitrogen and oxygen atoms in total. The summed E-state index contributed by atoms with van der Waals surface area (Å²) in [6.07, 6.45) is 1.56. The fraction of sp³-hybridized carbons (Fsp3) is 0.333. The monoisotopic (exact) mass is 395 g/mol. The van der Waals surface area contributed by atoms with E-state index in [0.29, 0.717) is 18.8 Å². The van der Waals surface area contributed by atoms with E-state index in [1.807, 2.05) is 6.07 Å². The fourth-order valence-electron chi connectivity index (χ4n) is 1.53. The number of thiazole rings is 1. The van der Waals surface area contributed by atoms with Crippen LogP contribution in [0.5, 0.6) is 0 Å². The highest BCUT2D eigenvalue weighted by atomic mass is 79.9. The molecule has 2 heterocycles. The molecule has 1 amide bonds. The first-order valence-corrected chi connectivity index (χ1v) is 8.35. The van der Waals surface area contributed by atoms with Crippen molar-refractivity contribution in [2.75, 3.05) is 13.1 Å². The maximum atomic E-state index is 11.9. The summed E-state index contributed by atoms with van der Waals surface area (Å²) in [7, 11) is 0. The average Bonchev–Trinajstić information content (AvgIpc) is 2.99. The van der Waals surface area contributed by atoms with Crippen LogP contribution in [-0.2, 0) is 12.8 Å². The summed E-state index contributed by atoms with van der Waals surface area (Å²) in [5.41, 5.74) is 5.94. The molecule has 0 aromatic carbocycles. The van der Waals surface area contributed by atoms with Crippen molar-refractivity contribution in [2.24, 2.45) is 5.73 Å². The summed E-state index contributed by atoms with van der Waals surface area (Å²) in [4.78, 5) is 17.3. The first-order chi connectivity index (χ1) is 9.19. The number of hydrogen-bond donors (Lipinski definition) is 2. The molecule has 2 aromatic rings. The van der Waals surface area contributed by atoms with Crippen LogP contribution in [0.2, 0.25) is 0 Å². The van der Waals surface area contributed by atoms with Gasteiger partial charge in [-0.05, 0) is 41.0 Å². The summed E-state index contributed by atoms with van der Waals surface area (Å²) in [5.74, 6) is -0.116. The Balaban J connectivity index is 0.00000200. The predicted molar refractivity (Wildman–Crippen MR) is 90.2 cm³/mol. The lowest BCUT2D eigenvalue weighted by atomic mass is 10.3. The molecule has 0 radical (unpaired) electrons. The van der Waals surface area contributed by atoms with Crippen molar-refractivity contribution in [2.45, 2.75) is 12.8 Å². The van der Waals surface area contributed by atoms with Gasteiger partial charge in [0, 0.05) is 23.2 Å². The van der Waals surface area contributed by atoms with Crippen molar-refractivity contribution in [3.63, 3.8) is 0 Å². The SMILES string of the molecule is Cl.NCCc1nc(C(=O)NCCc2ccc(Br)s2)cs1. The zero-order valence-corrected chi connectivity index (χ0v) is 14.6. The van der Waals surface area contributed by atoms with E-state index < -0.39 is 0 Å². The van der Waals surface area contributed by atoms with E-state index in [1.165, 1.54) is 16.2 Å². The van der Waals surface area contributed by atoms with Gasteiger partial charge in [0.2, 0.25) is 0 Å². The second-order valence-corrected chi connectivity index (χ2v) is 7.37. The highest BCUT2D eigenvalue weighted by molar-refractivity contribution is 9.11. The van der Waals surface area contributed by atoms with Crippen molar-refractivity contribution in [1.82, 2.24) is 10.3 Å². The molecule has 110 valence electrons. The Kier molecular flexibility index (Phi) is 7.68. The van der Waals surface area contributed by atoms with Gasteiger partial charge in [-0.15, -0.1) is 35.1 Å². The lowest BCUT2D eigenvalue weighted by Gasteiger charge is -2.01. The molecule has 0 unspecified atom stereocenters. The summed E-state index contributed by atoms with van der Waals surface area (Å²) < 4.78 is 1.11. The summed E-state index contributed by atoms with van der Waals surface area (Å²) in [6.45, 7) is 1.18. The van der Waals surface area contributed by atoms with Crippen LogP contribution in [0.1, 0.15) is 20.4 Å². The normalized spacial score (nSPS) is 10.1. The molecule has 0 spiro atoms. The Morgan fingerprint density at radius 2 is 2.20 bits per heavy atom. The minimum Gasteiger partial charge on any atom is -0.350 e. The number of carbonyl (C=O) groups is 1. The molecule has 3 N–H and O–H groups in total. The maximum Gasteiger partial charge on any atom is 0.270 e. The smallest absolute Gasteiger partial charge is 0.270 e. The van der Waals surface area contributed by atoms with Crippen LogP contribution in [-0.4, -0.2) is 24.0 Å². The summed E-state index contributed by atoms with van der Waals surface area (Å²) in [6, 6.07) is 4.07. The molecule has 2 rings (SSSR count). The number of halogens is 2. The van der Waals surface area contributed by atoms with Crippen LogP contribution in [0.15, 0.2) is 21.3 Å². The van der Waals surface area contributed by atoms with E-state index in [4.69, 9.17) is 5.73 Å². The predicted octanol–water partition coefficient (Wildman–Crippen LogP) is 2.86. The molecular weight excluding hydrogens is 382 g/mol. The van der Waals surface area contributed by atoms with Crippen LogP contribution in [0.25, 0.3) is 0 Å². The molecule has 0 fully saturated rings. The third-order valence-corrected chi connectivity index (χ3v) is 5.02. The number of nitrogens with zero attached hydrogens (tertiary/aromatic N) is 1. The van der Waals surface area contributed by atoms with Crippen LogP contribution in [0.4, 0.5) is 0 Å². The number of amides is 1. The molecule has 0 aliphatic rings. The van der Waals surface area contributed by atoms with Crippen LogP contribution >= 0.6 is 51.0 Å². The van der Waals surface area contributed by atoms with Crippen LogP contribution in [0, 0.1) is 0 Å².